The van der Waals surface area contributed by atoms with Crippen LogP contribution in [0.3, 0.4) is 0 Å². The van der Waals surface area contributed by atoms with Crippen molar-refractivity contribution in [1.82, 2.24) is 5.32 Å². The summed E-state index contributed by atoms with van der Waals surface area (Å²) < 4.78 is 0. The van der Waals surface area contributed by atoms with Crippen molar-refractivity contribution in [3.8, 4) is 0 Å². The Hall–Kier alpha value is -1.92. The summed E-state index contributed by atoms with van der Waals surface area (Å²) in [6.45, 7) is 1.94. The Kier molecular flexibility index (Phi) is 5.47. The van der Waals surface area contributed by atoms with Gasteiger partial charge < -0.3 is 15.9 Å². The molecule has 0 spiro atoms. The molecular weight excluding hydrogens is 248 g/mol. The second kappa shape index (κ2) is 6.86. The summed E-state index contributed by atoms with van der Waals surface area (Å²) in [4.78, 5) is 21.5. The lowest BCUT2D eigenvalue weighted by Crippen LogP contribution is -2.42. The molecule has 0 aliphatic heterocycles. The third-order valence-electron chi connectivity index (χ3n) is 2.76. The minimum absolute atomic E-state index is 0.00969. The lowest BCUT2D eigenvalue weighted by Gasteiger charge is -2.20. The second-order valence-electron chi connectivity index (χ2n) is 4.38. The van der Waals surface area contributed by atoms with E-state index < -0.39 is 24.1 Å². The number of aryl methyl sites for hydroxylation is 1. The van der Waals surface area contributed by atoms with Gasteiger partial charge in [-0.2, -0.15) is 0 Å². The molecule has 2 atom stereocenters. The Morgan fingerprint density at radius 1 is 1.26 bits per heavy atom. The van der Waals surface area contributed by atoms with Gasteiger partial charge in [0.2, 0.25) is 0 Å². The van der Waals surface area contributed by atoms with E-state index in [-0.39, 0.29) is 12.8 Å². The second-order valence-corrected chi connectivity index (χ2v) is 4.38. The minimum Gasteiger partial charge on any atom is -0.481 e. The molecule has 0 saturated heterocycles. The summed E-state index contributed by atoms with van der Waals surface area (Å²) in [5.41, 5.74) is 7.71. The van der Waals surface area contributed by atoms with Crippen molar-refractivity contribution >= 4 is 11.9 Å². The molecule has 0 saturated carbocycles. The van der Waals surface area contributed by atoms with Gasteiger partial charge in [0.05, 0.1) is 6.17 Å². The largest absolute Gasteiger partial charge is 0.481 e. The van der Waals surface area contributed by atoms with Crippen molar-refractivity contribution in [2.24, 2.45) is 5.73 Å². The van der Waals surface area contributed by atoms with E-state index in [9.17, 15) is 9.59 Å². The summed E-state index contributed by atoms with van der Waals surface area (Å²) in [5.74, 6) is -2.14. The van der Waals surface area contributed by atoms with E-state index in [1.165, 1.54) is 0 Å². The standard InChI is InChI=1S/C13H18N2O4/c1-8-2-4-9(5-3-8)12(14)15-10(13(18)19)6-7-11(16)17/h2-5,10,12,15H,6-7,14H2,1H3,(H,16,17)(H,18,19). The Bertz CT molecular complexity index is 444. The van der Waals surface area contributed by atoms with Crippen molar-refractivity contribution in [3.05, 3.63) is 35.4 Å². The lowest BCUT2D eigenvalue weighted by atomic mass is 10.1. The molecule has 5 N–H and O–H groups in total. The molecule has 6 nitrogen and oxygen atoms in total. The Morgan fingerprint density at radius 3 is 2.32 bits per heavy atom. The molecule has 1 aromatic carbocycles. The van der Waals surface area contributed by atoms with E-state index in [1.54, 1.807) is 0 Å². The number of carboxylic acid groups (broad SMARTS) is 2. The first-order valence-electron chi connectivity index (χ1n) is 5.93. The number of benzene rings is 1. The highest BCUT2D eigenvalue weighted by Crippen LogP contribution is 2.11. The molecule has 0 heterocycles. The van der Waals surface area contributed by atoms with Gasteiger partial charge in [0, 0.05) is 6.42 Å². The summed E-state index contributed by atoms with van der Waals surface area (Å²) >= 11 is 0. The molecule has 0 aliphatic rings. The number of hydrogen-bond donors (Lipinski definition) is 4. The predicted molar refractivity (Wildman–Crippen MR) is 69.5 cm³/mol. The molecule has 6 heteroatoms. The highest BCUT2D eigenvalue weighted by molar-refractivity contribution is 5.75. The Morgan fingerprint density at radius 2 is 1.84 bits per heavy atom. The minimum atomic E-state index is -1.11. The summed E-state index contributed by atoms with van der Waals surface area (Å²) in [5, 5.41) is 20.3. The van der Waals surface area contributed by atoms with Crippen molar-refractivity contribution < 1.29 is 19.8 Å². The number of nitrogens with two attached hydrogens (primary N) is 1. The monoisotopic (exact) mass is 266 g/mol. The van der Waals surface area contributed by atoms with E-state index >= 15 is 0 Å². The fourth-order valence-electron chi connectivity index (χ4n) is 1.63. The van der Waals surface area contributed by atoms with Crippen LogP contribution in [0.15, 0.2) is 24.3 Å². The zero-order valence-corrected chi connectivity index (χ0v) is 10.7. The average molecular weight is 266 g/mol. The van der Waals surface area contributed by atoms with Crippen LogP contribution >= 0.6 is 0 Å². The highest BCUT2D eigenvalue weighted by atomic mass is 16.4. The van der Waals surface area contributed by atoms with E-state index in [0.29, 0.717) is 0 Å². The molecule has 1 rings (SSSR count). The number of hydrogen-bond acceptors (Lipinski definition) is 4. The lowest BCUT2D eigenvalue weighted by molar-refractivity contribution is -0.141. The fourth-order valence-corrected chi connectivity index (χ4v) is 1.63. The third kappa shape index (κ3) is 5.07. The maximum absolute atomic E-state index is 11.0. The first-order valence-corrected chi connectivity index (χ1v) is 5.93. The van der Waals surface area contributed by atoms with Crippen molar-refractivity contribution in [1.29, 1.82) is 0 Å². The van der Waals surface area contributed by atoms with Crippen LogP contribution in [-0.2, 0) is 9.59 Å². The molecule has 2 unspecified atom stereocenters. The SMILES string of the molecule is Cc1ccc(C(N)NC(CCC(=O)O)C(=O)O)cc1. The van der Waals surface area contributed by atoms with Gasteiger partial charge in [-0.25, -0.2) is 0 Å². The van der Waals surface area contributed by atoms with Crippen molar-refractivity contribution in [2.75, 3.05) is 0 Å². The van der Waals surface area contributed by atoms with Crippen LogP contribution in [0.2, 0.25) is 0 Å². The van der Waals surface area contributed by atoms with Crippen LogP contribution in [-0.4, -0.2) is 28.2 Å². The Labute approximate surface area is 111 Å². The molecule has 104 valence electrons. The first kappa shape index (κ1) is 15.1. The maximum Gasteiger partial charge on any atom is 0.320 e. The first-order chi connectivity index (χ1) is 8.90. The summed E-state index contributed by atoms with van der Waals surface area (Å²) in [6.07, 6.45) is -0.870. The van der Waals surface area contributed by atoms with Gasteiger partial charge in [0.1, 0.15) is 6.04 Å². The maximum atomic E-state index is 11.0. The molecule has 0 radical (unpaired) electrons. The molecule has 0 bridgehead atoms. The van der Waals surface area contributed by atoms with Crippen LogP contribution in [0.1, 0.15) is 30.1 Å². The van der Waals surface area contributed by atoms with Gasteiger partial charge >= 0.3 is 11.9 Å². The van der Waals surface area contributed by atoms with E-state index in [1.807, 2.05) is 31.2 Å². The third-order valence-corrected chi connectivity index (χ3v) is 2.76. The number of rotatable bonds is 7. The van der Waals surface area contributed by atoms with Gasteiger partial charge in [0.25, 0.3) is 0 Å². The van der Waals surface area contributed by atoms with Crippen LogP contribution < -0.4 is 11.1 Å². The van der Waals surface area contributed by atoms with Gasteiger partial charge in [-0.1, -0.05) is 29.8 Å². The van der Waals surface area contributed by atoms with Crippen molar-refractivity contribution in [3.63, 3.8) is 0 Å². The van der Waals surface area contributed by atoms with E-state index in [4.69, 9.17) is 15.9 Å². The van der Waals surface area contributed by atoms with Crippen LogP contribution in [0.4, 0.5) is 0 Å². The van der Waals surface area contributed by atoms with E-state index in [0.717, 1.165) is 11.1 Å². The van der Waals surface area contributed by atoms with Gasteiger partial charge in [0.15, 0.2) is 0 Å². The van der Waals surface area contributed by atoms with Crippen molar-refractivity contribution in [2.45, 2.75) is 32.0 Å². The molecule has 0 amide bonds. The smallest absolute Gasteiger partial charge is 0.320 e. The molecule has 0 aliphatic carbocycles. The van der Waals surface area contributed by atoms with Gasteiger partial charge in [-0.15, -0.1) is 0 Å². The number of carboxylic acids is 2. The fraction of sp³-hybridized carbons (Fsp3) is 0.385. The average Bonchev–Trinajstić information content (AvgIpc) is 2.34. The zero-order valence-electron chi connectivity index (χ0n) is 10.7. The molecular formula is C13H18N2O4. The number of aliphatic carboxylic acids is 2. The van der Waals surface area contributed by atoms with Gasteiger partial charge in [-0.05, 0) is 18.9 Å². The van der Waals surface area contributed by atoms with E-state index in [2.05, 4.69) is 5.32 Å². The molecule has 0 fully saturated rings. The number of nitrogens with one attached hydrogen (secondary N) is 1. The number of carbonyl (C=O) groups is 2. The summed E-state index contributed by atoms with van der Waals surface area (Å²) in [7, 11) is 0. The zero-order chi connectivity index (χ0) is 14.4. The normalized spacial score (nSPS) is 13.8. The van der Waals surface area contributed by atoms with Crippen LogP contribution in [0, 0.1) is 6.92 Å². The quantitative estimate of drug-likeness (QED) is 0.544. The summed E-state index contributed by atoms with van der Waals surface area (Å²) in [6, 6.07) is 6.40. The molecule has 0 aromatic heterocycles. The van der Waals surface area contributed by atoms with Crippen LogP contribution in [0.25, 0.3) is 0 Å². The molecule has 1 aromatic rings. The van der Waals surface area contributed by atoms with Gasteiger partial charge in [-0.3, -0.25) is 14.9 Å². The predicted octanol–water partition coefficient (Wildman–Crippen LogP) is 0.860. The highest BCUT2D eigenvalue weighted by Gasteiger charge is 2.21. The van der Waals surface area contributed by atoms with Crippen LogP contribution in [0.5, 0.6) is 0 Å². The topological polar surface area (TPSA) is 113 Å². The Balaban J connectivity index is 2.65. The molecule has 19 heavy (non-hydrogen) atoms.